The van der Waals surface area contributed by atoms with E-state index >= 15 is 0 Å². The van der Waals surface area contributed by atoms with Crippen molar-refractivity contribution in [2.24, 2.45) is 0 Å². The van der Waals surface area contributed by atoms with Crippen LogP contribution in [-0.2, 0) is 11.3 Å². The van der Waals surface area contributed by atoms with Crippen molar-refractivity contribution in [3.63, 3.8) is 0 Å². The van der Waals surface area contributed by atoms with Crippen LogP contribution in [0.4, 0.5) is 5.69 Å². The van der Waals surface area contributed by atoms with Crippen LogP contribution in [0.1, 0.15) is 25.8 Å². The number of carbonyl (C=O) groups excluding carboxylic acids is 1. The van der Waals surface area contributed by atoms with E-state index in [-0.39, 0.29) is 12.0 Å². The lowest BCUT2D eigenvalue weighted by atomic mass is 10.2. The minimum absolute atomic E-state index is 0.00489. The number of hydrogen-bond donors (Lipinski definition) is 1. The van der Waals surface area contributed by atoms with Gasteiger partial charge in [0.15, 0.2) is 0 Å². The van der Waals surface area contributed by atoms with Crippen molar-refractivity contribution in [2.75, 3.05) is 18.9 Å². The predicted octanol–water partition coefficient (Wildman–Crippen LogP) is 3.93. The van der Waals surface area contributed by atoms with E-state index in [0.29, 0.717) is 18.7 Å². The highest BCUT2D eigenvalue weighted by Crippen LogP contribution is 2.24. The Bertz CT molecular complexity index is 641. The van der Waals surface area contributed by atoms with E-state index < -0.39 is 0 Å². The molecule has 2 aromatic carbocycles. The highest BCUT2D eigenvalue weighted by Gasteiger charge is 2.10. The first-order valence-electron chi connectivity index (χ1n) is 8.32. The van der Waals surface area contributed by atoms with E-state index in [2.05, 4.69) is 22.3 Å². The van der Waals surface area contributed by atoms with E-state index in [1.165, 1.54) is 5.56 Å². The Morgan fingerprint density at radius 3 is 2.46 bits per heavy atom. The van der Waals surface area contributed by atoms with Gasteiger partial charge in [-0.05, 0) is 38.6 Å². The lowest BCUT2D eigenvalue weighted by Gasteiger charge is -2.17. The van der Waals surface area contributed by atoms with Gasteiger partial charge in [0.05, 0.1) is 11.8 Å². The third-order valence-electron chi connectivity index (χ3n) is 3.54. The molecule has 4 heteroatoms. The number of hydrogen-bond acceptors (Lipinski definition) is 3. The number of carbonyl (C=O) groups is 1. The van der Waals surface area contributed by atoms with Crippen molar-refractivity contribution in [1.82, 2.24) is 4.90 Å². The summed E-state index contributed by atoms with van der Waals surface area (Å²) in [6.07, 6.45) is 0.513. The van der Waals surface area contributed by atoms with Gasteiger partial charge in [-0.1, -0.05) is 42.5 Å². The first-order valence-corrected chi connectivity index (χ1v) is 8.32. The van der Waals surface area contributed by atoms with Crippen molar-refractivity contribution in [3.05, 3.63) is 60.2 Å². The summed E-state index contributed by atoms with van der Waals surface area (Å²) >= 11 is 0. The van der Waals surface area contributed by atoms with Gasteiger partial charge in [-0.3, -0.25) is 4.79 Å². The zero-order valence-corrected chi connectivity index (χ0v) is 14.7. The fourth-order valence-corrected chi connectivity index (χ4v) is 2.41. The van der Waals surface area contributed by atoms with Crippen LogP contribution in [0.2, 0.25) is 0 Å². The van der Waals surface area contributed by atoms with Crippen LogP contribution >= 0.6 is 0 Å². The first-order chi connectivity index (χ1) is 11.5. The molecule has 128 valence electrons. The number of rotatable bonds is 8. The Hall–Kier alpha value is -2.33. The molecule has 0 unspecified atom stereocenters. The minimum Gasteiger partial charge on any atom is -0.489 e. The number of anilines is 1. The largest absolute Gasteiger partial charge is 0.489 e. The summed E-state index contributed by atoms with van der Waals surface area (Å²) in [5.74, 6) is 0.702. The maximum absolute atomic E-state index is 12.2. The zero-order valence-electron chi connectivity index (χ0n) is 14.7. The molecule has 4 nitrogen and oxygen atoms in total. The van der Waals surface area contributed by atoms with Gasteiger partial charge in [0.25, 0.3) is 0 Å². The number of benzene rings is 2. The quantitative estimate of drug-likeness (QED) is 0.799. The van der Waals surface area contributed by atoms with Crippen LogP contribution in [-0.4, -0.2) is 30.5 Å². The summed E-state index contributed by atoms with van der Waals surface area (Å²) in [6, 6.07) is 17.8. The molecule has 0 aliphatic rings. The molecule has 0 saturated heterocycles. The summed E-state index contributed by atoms with van der Waals surface area (Å²) in [4.78, 5) is 14.4. The molecule has 0 heterocycles. The predicted molar refractivity (Wildman–Crippen MR) is 98.2 cm³/mol. The zero-order chi connectivity index (χ0) is 17.4. The highest BCUT2D eigenvalue weighted by molar-refractivity contribution is 5.92. The average Bonchev–Trinajstić information content (AvgIpc) is 2.55. The first kappa shape index (κ1) is 18.0. The van der Waals surface area contributed by atoms with Crippen LogP contribution in [0.25, 0.3) is 0 Å². The van der Waals surface area contributed by atoms with Crippen molar-refractivity contribution in [3.8, 4) is 5.75 Å². The van der Waals surface area contributed by atoms with E-state index in [1.807, 2.05) is 63.4 Å². The Labute approximate surface area is 144 Å². The third kappa shape index (κ3) is 6.05. The van der Waals surface area contributed by atoms with Crippen LogP contribution < -0.4 is 10.1 Å². The van der Waals surface area contributed by atoms with Gasteiger partial charge in [0.1, 0.15) is 5.75 Å². The second kappa shape index (κ2) is 9.08. The molecule has 24 heavy (non-hydrogen) atoms. The van der Waals surface area contributed by atoms with Crippen molar-refractivity contribution in [2.45, 2.75) is 32.9 Å². The van der Waals surface area contributed by atoms with E-state index in [4.69, 9.17) is 4.74 Å². The summed E-state index contributed by atoms with van der Waals surface area (Å²) in [6.45, 7) is 5.48. The number of amides is 1. The van der Waals surface area contributed by atoms with Gasteiger partial charge in [0.2, 0.25) is 5.91 Å². The van der Waals surface area contributed by atoms with Crippen LogP contribution in [0.5, 0.6) is 5.75 Å². The Morgan fingerprint density at radius 1 is 1.08 bits per heavy atom. The van der Waals surface area contributed by atoms with Crippen LogP contribution in [0.15, 0.2) is 54.6 Å². The maximum Gasteiger partial charge on any atom is 0.225 e. The van der Waals surface area contributed by atoms with Gasteiger partial charge >= 0.3 is 0 Å². The third-order valence-corrected chi connectivity index (χ3v) is 3.54. The van der Waals surface area contributed by atoms with E-state index in [9.17, 15) is 4.79 Å². The summed E-state index contributed by atoms with van der Waals surface area (Å²) in [7, 11) is 2.02. The molecule has 0 spiro atoms. The lowest BCUT2D eigenvalue weighted by Crippen LogP contribution is -2.24. The average molecular weight is 326 g/mol. The number of para-hydroxylation sites is 2. The van der Waals surface area contributed by atoms with Crippen molar-refractivity contribution >= 4 is 11.6 Å². The molecular weight excluding hydrogens is 300 g/mol. The van der Waals surface area contributed by atoms with Crippen molar-refractivity contribution < 1.29 is 9.53 Å². The summed E-state index contributed by atoms with van der Waals surface area (Å²) < 4.78 is 5.73. The summed E-state index contributed by atoms with van der Waals surface area (Å²) in [5, 5.41) is 2.94. The van der Waals surface area contributed by atoms with Gasteiger partial charge in [-0.2, -0.15) is 0 Å². The van der Waals surface area contributed by atoms with Crippen LogP contribution in [0.3, 0.4) is 0 Å². The molecule has 0 radical (unpaired) electrons. The normalized spacial score (nSPS) is 10.9. The minimum atomic E-state index is -0.00489. The Kier molecular flexibility index (Phi) is 6.82. The lowest BCUT2D eigenvalue weighted by molar-refractivity contribution is -0.116. The van der Waals surface area contributed by atoms with Gasteiger partial charge in [-0.15, -0.1) is 0 Å². The second-order valence-corrected chi connectivity index (χ2v) is 6.18. The molecule has 0 atom stereocenters. The molecule has 0 fully saturated rings. The molecule has 0 saturated carbocycles. The smallest absolute Gasteiger partial charge is 0.225 e. The Balaban J connectivity index is 1.83. The van der Waals surface area contributed by atoms with Gasteiger partial charge in [0, 0.05) is 19.5 Å². The second-order valence-electron chi connectivity index (χ2n) is 6.18. The van der Waals surface area contributed by atoms with E-state index in [0.717, 1.165) is 12.2 Å². The number of nitrogens with one attached hydrogen (secondary N) is 1. The molecule has 2 rings (SSSR count). The molecule has 0 aliphatic heterocycles. The molecular formula is C20H26N2O2. The Morgan fingerprint density at radius 2 is 1.75 bits per heavy atom. The van der Waals surface area contributed by atoms with Gasteiger partial charge < -0.3 is 15.0 Å². The van der Waals surface area contributed by atoms with E-state index in [1.54, 1.807) is 0 Å². The van der Waals surface area contributed by atoms with Crippen molar-refractivity contribution in [1.29, 1.82) is 0 Å². The number of nitrogens with zero attached hydrogens (tertiary/aromatic N) is 1. The molecule has 0 aromatic heterocycles. The molecule has 0 bridgehead atoms. The van der Waals surface area contributed by atoms with Gasteiger partial charge in [-0.25, -0.2) is 0 Å². The number of ether oxygens (including phenoxy) is 1. The fourth-order valence-electron chi connectivity index (χ4n) is 2.41. The topological polar surface area (TPSA) is 41.6 Å². The monoisotopic (exact) mass is 326 g/mol. The molecule has 1 amide bonds. The SMILES string of the molecule is CC(C)Oc1ccccc1NC(=O)CCN(C)Cc1ccccc1. The molecule has 1 N–H and O–H groups in total. The summed E-state index contributed by atoms with van der Waals surface area (Å²) in [5.41, 5.74) is 1.97. The van der Waals surface area contributed by atoms with Crippen LogP contribution in [0, 0.1) is 0 Å². The fraction of sp³-hybridized carbons (Fsp3) is 0.350. The molecule has 2 aromatic rings. The maximum atomic E-state index is 12.2. The molecule has 0 aliphatic carbocycles. The highest BCUT2D eigenvalue weighted by atomic mass is 16.5. The standard InChI is InChI=1S/C20H26N2O2/c1-16(2)24-19-12-8-7-11-18(19)21-20(23)13-14-22(3)15-17-9-5-4-6-10-17/h4-12,16H,13-15H2,1-3H3,(H,21,23).